The Kier molecular flexibility index (Phi) is 7.53. The number of primary amides is 1. The SMILES string of the molecule is CC1CCC(O)(C(CC(O)C(N)Cc2cccc(OC(F)(F)F)c2)C(N)=O)CC1. The van der Waals surface area contributed by atoms with Crippen LogP contribution in [0.3, 0.4) is 0 Å². The van der Waals surface area contributed by atoms with Crippen LogP contribution in [0.4, 0.5) is 13.2 Å². The molecule has 0 heterocycles. The first-order valence-electron chi connectivity index (χ1n) is 9.69. The molecule has 2 rings (SSSR count). The first-order valence-corrected chi connectivity index (χ1v) is 9.69. The van der Waals surface area contributed by atoms with Crippen molar-refractivity contribution in [2.75, 3.05) is 0 Å². The number of hydrogen-bond donors (Lipinski definition) is 4. The zero-order chi connectivity index (χ0) is 21.8. The highest BCUT2D eigenvalue weighted by atomic mass is 19.4. The van der Waals surface area contributed by atoms with Gasteiger partial charge in [-0.3, -0.25) is 4.79 Å². The summed E-state index contributed by atoms with van der Waals surface area (Å²) in [7, 11) is 0. The maximum Gasteiger partial charge on any atom is 0.573 e. The molecule has 0 radical (unpaired) electrons. The molecule has 1 aliphatic rings. The summed E-state index contributed by atoms with van der Waals surface area (Å²) in [4.78, 5) is 12.0. The second-order valence-corrected chi connectivity index (χ2v) is 8.11. The number of rotatable bonds is 8. The molecule has 1 aromatic rings. The molecule has 29 heavy (non-hydrogen) atoms. The van der Waals surface area contributed by atoms with E-state index in [1.165, 1.54) is 18.2 Å². The highest BCUT2D eigenvalue weighted by molar-refractivity contribution is 5.78. The minimum absolute atomic E-state index is 0.0666. The molecule has 0 saturated heterocycles. The Morgan fingerprint density at radius 1 is 1.34 bits per heavy atom. The first kappa shape index (κ1) is 23.4. The van der Waals surface area contributed by atoms with E-state index in [0.717, 1.165) is 12.8 Å². The van der Waals surface area contributed by atoms with E-state index >= 15 is 0 Å². The minimum Gasteiger partial charge on any atom is -0.406 e. The van der Waals surface area contributed by atoms with Gasteiger partial charge in [-0.15, -0.1) is 13.2 Å². The van der Waals surface area contributed by atoms with Gasteiger partial charge in [0.2, 0.25) is 5.91 Å². The van der Waals surface area contributed by atoms with Crippen molar-refractivity contribution in [3.63, 3.8) is 0 Å². The summed E-state index contributed by atoms with van der Waals surface area (Å²) in [5.74, 6) is -1.58. The van der Waals surface area contributed by atoms with E-state index in [4.69, 9.17) is 11.5 Å². The van der Waals surface area contributed by atoms with Crippen molar-refractivity contribution >= 4 is 5.91 Å². The molecule has 0 aliphatic heterocycles. The number of carbonyl (C=O) groups is 1. The van der Waals surface area contributed by atoms with Crippen LogP contribution in [0.25, 0.3) is 0 Å². The number of aliphatic hydroxyl groups excluding tert-OH is 1. The number of alkyl halides is 3. The monoisotopic (exact) mass is 418 g/mol. The largest absolute Gasteiger partial charge is 0.573 e. The summed E-state index contributed by atoms with van der Waals surface area (Å²) in [6.45, 7) is 2.07. The van der Waals surface area contributed by atoms with E-state index in [2.05, 4.69) is 11.7 Å². The number of hydrogen-bond acceptors (Lipinski definition) is 5. The Labute approximate surface area is 168 Å². The lowest BCUT2D eigenvalue weighted by atomic mass is 9.70. The van der Waals surface area contributed by atoms with Crippen LogP contribution in [0, 0.1) is 11.8 Å². The highest BCUT2D eigenvalue weighted by Gasteiger charge is 2.43. The number of halogens is 3. The summed E-state index contributed by atoms with van der Waals surface area (Å²) >= 11 is 0. The van der Waals surface area contributed by atoms with Gasteiger partial charge in [0.05, 0.1) is 17.6 Å². The third-order valence-corrected chi connectivity index (χ3v) is 5.71. The number of amides is 1. The fraction of sp³-hybridized carbons (Fsp3) is 0.650. The normalized spacial score (nSPS) is 25.8. The van der Waals surface area contributed by atoms with Crippen molar-refractivity contribution in [3.05, 3.63) is 29.8 Å². The average molecular weight is 418 g/mol. The van der Waals surface area contributed by atoms with Crippen LogP contribution in [0.15, 0.2) is 24.3 Å². The number of aliphatic hydroxyl groups is 2. The molecule has 1 aromatic carbocycles. The molecule has 164 valence electrons. The van der Waals surface area contributed by atoms with Gasteiger partial charge in [-0.05, 0) is 62.1 Å². The predicted molar refractivity (Wildman–Crippen MR) is 101 cm³/mol. The lowest BCUT2D eigenvalue weighted by Crippen LogP contribution is -2.50. The molecule has 0 aromatic heterocycles. The van der Waals surface area contributed by atoms with Crippen molar-refractivity contribution in [1.29, 1.82) is 0 Å². The molecular weight excluding hydrogens is 389 g/mol. The second kappa shape index (κ2) is 9.32. The maximum atomic E-state index is 12.4. The van der Waals surface area contributed by atoms with E-state index in [1.807, 2.05) is 0 Å². The molecule has 1 saturated carbocycles. The third-order valence-electron chi connectivity index (χ3n) is 5.71. The van der Waals surface area contributed by atoms with Crippen LogP contribution in [0.2, 0.25) is 0 Å². The quantitative estimate of drug-likeness (QED) is 0.516. The van der Waals surface area contributed by atoms with E-state index in [0.29, 0.717) is 24.3 Å². The summed E-state index contributed by atoms with van der Waals surface area (Å²) in [6, 6.07) is 4.47. The van der Waals surface area contributed by atoms with E-state index < -0.39 is 35.9 Å². The first-order chi connectivity index (χ1) is 13.4. The Hall–Kier alpha value is -1.84. The summed E-state index contributed by atoms with van der Waals surface area (Å²) < 4.78 is 41.0. The molecule has 6 nitrogen and oxygen atoms in total. The Morgan fingerprint density at radius 3 is 2.52 bits per heavy atom. The van der Waals surface area contributed by atoms with E-state index in [1.54, 1.807) is 6.07 Å². The molecular formula is C20H29F3N2O4. The molecule has 1 fully saturated rings. The summed E-state index contributed by atoms with van der Waals surface area (Å²) in [5, 5.41) is 21.4. The van der Waals surface area contributed by atoms with Crippen LogP contribution in [0.5, 0.6) is 5.75 Å². The molecule has 1 amide bonds. The fourth-order valence-electron chi connectivity index (χ4n) is 3.90. The molecule has 6 N–H and O–H groups in total. The van der Waals surface area contributed by atoms with Gasteiger partial charge in [0.25, 0.3) is 0 Å². The third kappa shape index (κ3) is 6.87. The van der Waals surface area contributed by atoms with Gasteiger partial charge in [-0.2, -0.15) is 0 Å². The number of ether oxygens (including phenoxy) is 1. The molecule has 3 atom stereocenters. The van der Waals surface area contributed by atoms with Crippen molar-refractivity contribution in [2.24, 2.45) is 23.3 Å². The molecule has 0 spiro atoms. The van der Waals surface area contributed by atoms with Crippen LogP contribution in [0.1, 0.15) is 44.6 Å². The van der Waals surface area contributed by atoms with Crippen LogP contribution in [-0.4, -0.2) is 40.2 Å². The van der Waals surface area contributed by atoms with Gasteiger partial charge < -0.3 is 26.4 Å². The zero-order valence-electron chi connectivity index (χ0n) is 16.4. The van der Waals surface area contributed by atoms with Crippen LogP contribution >= 0.6 is 0 Å². The van der Waals surface area contributed by atoms with Crippen LogP contribution < -0.4 is 16.2 Å². The molecule has 0 bridgehead atoms. The van der Waals surface area contributed by atoms with Gasteiger partial charge in [0.1, 0.15) is 5.75 Å². The Bertz CT molecular complexity index is 691. The molecule has 3 unspecified atom stereocenters. The van der Waals surface area contributed by atoms with Gasteiger partial charge in [-0.1, -0.05) is 19.1 Å². The van der Waals surface area contributed by atoms with Crippen molar-refractivity contribution in [2.45, 2.75) is 69.6 Å². The maximum absolute atomic E-state index is 12.4. The van der Waals surface area contributed by atoms with Crippen molar-refractivity contribution < 1.29 is 32.9 Å². The summed E-state index contributed by atoms with van der Waals surface area (Å²) in [5.41, 5.74) is 10.7. The predicted octanol–water partition coefficient (Wildman–Crippen LogP) is 2.25. The Balaban J connectivity index is 2.02. The van der Waals surface area contributed by atoms with E-state index in [9.17, 15) is 28.2 Å². The zero-order valence-corrected chi connectivity index (χ0v) is 16.4. The highest BCUT2D eigenvalue weighted by Crippen LogP contribution is 2.39. The fourth-order valence-corrected chi connectivity index (χ4v) is 3.90. The van der Waals surface area contributed by atoms with Crippen molar-refractivity contribution in [1.82, 2.24) is 0 Å². The lowest BCUT2D eigenvalue weighted by Gasteiger charge is -2.40. The van der Waals surface area contributed by atoms with Gasteiger partial charge in [0.15, 0.2) is 0 Å². The lowest BCUT2D eigenvalue weighted by molar-refractivity contribution is -0.274. The van der Waals surface area contributed by atoms with E-state index in [-0.39, 0.29) is 18.6 Å². The number of nitrogens with two attached hydrogens (primary N) is 2. The van der Waals surface area contributed by atoms with Gasteiger partial charge >= 0.3 is 6.36 Å². The average Bonchev–Trinajstić information content (AvgIpc) is 2.60. The van der Waals surface area contributed by atoms with Gasteiger partial charge in [0, 0.05) is 6.04 Å². The smallest absolute Gasteiger partial charge is 0.406 e. The van der Waals surface area contributed by atoms with Crippen LogP contribution in [-0.2, 0) is 11.2 Å². The standard InChI is InChI=1S/C20H29F3N2O4/c1-12-5-7-19(28,8-6-12)15(18(25)27)11-17(26)16(24)10-13-3-2-4-14(9-13)29-20(21,22)23/h2-4,9,12,15-17,26,28H,5-8,10-11,24H2,1H3,(H2,25,27). The molecule has 9 heteroatoms. The van der Waals surface area contributed by atoms with Crippen molar-refractivity contribution in [3.8, 4) is 5.75 Å². The Morgan fingerprint density at radius 2 is 1.97 bits per heavy atom. The number of benzene rings is 1. The number of carbonyl (C=O) groups excluding carboxylic acids is 1. The molecule has 1 aliphatic carbocycles. The van der Waals surface area contributed by atoms with Gasteiger partial charge in [-0.25, -0.2) is 0 Å². The second-order valence-electron chi connectivity index (χ2n) is 8.11. The minimum atomic E-state index is -4.80. The summed E-state index contributed by atoms with van der Waals surface area (Å²) in [6.07, 6.45) is -3.66. The topological polar surface area (TPSA) is 119 Å².